The van der Waals surface area contributed by atoms with E-state index in [-0.39, 0.29) is 24.2 Å². The number of aliphatic carboxylic acids is 1. The molecule has 120 valence electrons. The standard InChI is InChI=1S/C15H14N2O6/c18-12-10-3-1-2-4-11(10)13(19)17(12)23-15(22)16-7-5-9(6-8-16)14(20)21/h1-4,9H,5-8H2,(H,20,21). The van der Waals surface area contributed by atoms with Crippen LogP contribution in [0.2, 0.25) is 0 Å². The Labute approximate surface area is 131 Å². The summed E-state index contributed by atoms with van der Waals surface area (Å²) in [5, 5.41) is 9.38. The van der Waals surface area contributed by atoms with E-state index < -0.39 is 29.8 Å². The highest BCUT2D eigenvalue weighted by molar-refractivity contribution is 6.20. The van der Waals surface area contributed by atoms with E-state index in [0.717, 1.165) is 0 Å². The molecule has 1 saturated heterocycles. The normalized spacial score (nSPS) is 18.1. The summed E-state index contributed by atoms with van der Waals surface area (Å²) in [5.41, 5.74) is 0.379. The smallest absolute Gasteiger partial charge is 0.434 e. The first-order chi connectivity index (χ1) is 11.0. The van der Waals surface area contributed by atoms with Gasteiger partial charge in [-0.25, -0.2) is 4.79 Å². The monoisotopic (exact) mass is 318 g/mol. The Bertz CT molecular complexity index is 658. The zero-order chi connectivity index (χ0) is 16.6. The Morgan fingerprint density at radius 1 is 1.04 bits per heavy atom. The third-order valence-corrected chi connectivity index (χ3v) is 4.03. The number of carbonyl (C=O) groups is 4. The molecular formula is C15H14N2O6. The summed E-state index contributed by atoms with van der Waals surface area (Å²) >= 11 is 0. The van der Waals surface area contributed by atoms with Crippen LogP contribution in [0, 0.1) is 5.92 Å². The quantitative estimate of drug-likeness (QED) is 0.820. The molecule has 0 radical (unpaired) electrons. The number of benzene rings is 1. The van der Waals surface area contributed by atoms with Gasteiger partial charge in [0.2, 0.25) is 0 Å². The lowest BCUT2D eigenvalue weighted by Gasteiger charge is -2.29. The van der Waals surface area contributed by atoms with Gasteiger partial charge in [0, 0.05) is 13.1 Å². The molecule has 2 aliphatic rings. The van der Waals surface area contributed by atoms with E-state index >= 15 is 0 Å². The van der Waals surface area contributed by atoms with Crippen molar-refractivity contribution in [3.63, 3.8) is 0 Å². The predicted octanol–water partition coefficient (Wildman–Crippen LogP) is 1.13. The summed E-state index contributed by atoms with van der Waals surface area (Å²) in [4.78, 5) is 53.4. The molecule has 0 atom stereocenters. The van der Waals surface area contributed by atoms with E-state index in [1.807, 2.05) is 0 Å². The van der Waals surface area contributed by atoms with Crippen LogP contribution in [-0.2, 0) is 9.63 Å². The van der Waals surface area contributed by atoms with Gasteiger partial charge < -0.3 is 14.8 Å². The average Bonchev–Trinajstić information content (AvgIpc) is 2.80. The zero-order valence-corrected chi connectivity index (χ0v) is 12.1. The maximum absolute atomic E-state index is 12.1. The molecule has 1 fully saturated rings. The number of carboxylic acid groups (broad SMARTS) is 1. The van der Waals surface area contributed by atoms with Crippen molar-refractivity contribution in [2.75, 3.05) is 13.1 Å². The van der Waals surface area contributed by atoms with E-state index in [4.69, 9.17) is 9.94 Å². The number of carbonyl (C=O) groups excluding carboxylic acids is 3. The van der Waals surface area contributed by atoms with Crippen molar-refractivity contribution < 1.29 is 29.1 Å². The Hall–Kier alpha value is -2.90. The number of nitrogens with zero attached hydrogens (tertiary/aromatic N) is 2. The Morgan fingerprint density at radius 3 is 2.04 bits per heavy atom. The lowest BCUT2D eigenvalue weighted by Crippen LogP contribution is -2.44. The molecule has 8 nitrogen and oxygen atoms in total. The van der Waals surface area contributed by atoms with Crippen LogP contribution in [0.5, 0.6) is 0 Å². The highest BCUT2D eigenvalue weighted by Crippen LogP contribution is 2.24. The number of rotatable bonds is 2. The molecule has 1 aromatic rings. The largest absolute Gasteiger partial charge is 0.481 e. The molecule has 0 spiro atoms. The van der Waals surface area contributed by atoms with Crippen LogP contribution >= 0.6 is 0 Å². The van der Waals surface area contributed by atoms with Gasteiger partial charge in [0.05, 0.1) is 17.0 Å². The first-order valence-electron chi connectivity index (χ1n) is 7.16. The molecule has 8 heteroatoms. The van der Waals surface area contributed by atoms with E-state index in [1.165, 1.54) is 17.0 Å². The molecule has 2 heterocycles. The number of hydroxylamine groups is 2. The van der Waals surface area contributed by atoms with Gasteiger partial charge >= 0.3 is 12.1 Å². The van der Waals surface area contributed by atoms with Crippen molar-refractivity contribution in [1.29, 1.82) is 0 Å². The molecule has 0 saturated carbocycles. The molecule has 23 heavy (non-hydrogen) atoms. The number of amides is 3. The highest BCUT2D eigenvalue weighted by Gasteiger charge is 2.40. The fourth-order valence-corrected chi connectivity index (χ4v) is 2.69. The fourth-order valence-electron chi connectivity index (χ4n) is 2.69. The topological polar surface area (TPSA) is 104 Å². The molecule has 1 N–H and O–H groups in total. The third-order valence-electron chi connectivity index (χ3n) is 4.03. The first kappa shape index (κ1) is 15.0. The molecule has 0 bridgehead atoms. The molecule has 0 aromatic heterocycles. The van der Waals surface area contributed by atoms with Crippen LogP contribution in [0.15, 0.2) is 24.3 Å². The van der Waals surface area contributed by atoms with E-state index in [0.29, 0.717) is 17.9 Å². The minimum atomic E-state index is -0.890. The lowest BCUT2D eigenvalue weighted by molar-refractivity contribution is -0.143. The third kappa shape index (κ3) is 2.63. The molecule has 1 aromatic carbocycles. The van der Waals surface area contributed by atoms with Crippen molar-refractivity contribution in [2.24, 2.45) is 5.92 Å². The summed E-state index contributed by atoms with van der Waals surface area (Å²) in [6, 6.07) is 6.21. The maximum atomic E-state index is 12.1. The molecule has 2 aliphatic heterocycles. The van der Waals surface area contributed by atoms with Crippen LogP contribution in [0.25, 0.3) is 0 Å². The molecule has 3 amide bonds. The Kier molecular flexibility index (Phi) is 3.73. The van der Waals surface area contributed by atoms with Crippen molar-refractivity contribution >= 4 is 23.9 Å². The summed E-state index contributed by atoms with van der Waals surface area (Å²) in [7, 11) is 0. The minimum absolute atomic E-state index is 0.190. The second kappa shape index (κ2) is 5.71. The van der Waals surface area contributed by atoms with Gasteiger partial charge in [-0.1, -0.05) is 17.2 Å². The molecule has 0 aliphatic carbocycles. The number of imide groups is 1. The van der Waals surface area contributed by atoms with Crippen LogP contribution in [-0.4, -0.2) is 52.0 Å². The summed E-state index contributed by atoms with van der Waals surface area (Å²) in [6.07, 6.45) is -0.206. The number of likely N-dealkylation sites (tertiary alicyclic amines) is 1. The fraction of sp³-hybridized carbons (Fsp3) is 0.333. The van der Waals surface area contributed by atoms with E-state index in [2.05, 4.69) is 0 Å². The van der Waals surface area contributed by atoms with Crippen LogP contribution < -0.4 is 0 Å². The molecule has 0 unspecified atom stereocenters. The molecule has 3 rings (SSSR count). The SMILES string of the molecule is O=C(O)C1CCN(C(=O)ON2C(=O)c3ccccc3C2=O)CC1. The van der Waals surface area contributed by atoms with Gasteiger partial charge in [-0.3, -0.25) is 14.4 Å². The Morgan fingerprint density at radius 2 is 1.57 bits per heavy atom. The van der Waals surface area contributed by atoms with Gasteiger partial charge in [0.1, 0.15) is 0 Å². The average molecular weight is 318 g/mol. The van der Waals surface area contributed by atoms with Gasteiger partial charge in [0.25, 0.3) is 11.8 Å². The molecular weight excluding hydrogens is 304 g/mol. The summed E-state index contributed by atoms with van der Waals surface area (Å²) in [5.74, 6) is -2.74. The van der Waals surface area contributed by atoms with Crippen molar-refractivity contribution in [3.8, 4) is 0 Å². The number of hydrogen-bond acceptors (Lipinski definition) is 5. The maximum Gasteiger partial charge on any atom is 0.434 e. The first-order valence-corrected chi connectivity index (χ1v) is 7.16. The summed E-state index contributed by atoms with van der Waals surface area (Å²) in [6.45, 7) is 0.415. The zero-order valence-electron chi connectivity index (χ0n) is 12.1. The Balaban J connectivity index is 1.65. The minimum Gasteiger partial charge on any atom is -0.481 e. The number of piperidine rings is 1. The van der Waals surface area contributed by atoms with Gasteiger partial charge in [0.15, 0.2) is 0 Å². The second-order valence-electron chi connectivity index (χ2n) is 5.41. The van der Waals surface area contributed by atoms with Crippen molar-refractivity contribution in [3.05, 3.63) is 35.4 Å². The van der Waals surface area contributed by atoms with Crippen LogP contribution in [0.1, 0.15) is 33.6 Å². The van der Waals surface area contributed by atoms with Gasteiger partial charge in [-0.05, 0) is 25.0 Å². The van der Waals surface area contributed by atoms with E-state index in [9.17, 15) is 19.2 Å². The number of carboxylic acids is 1. The van der Waals surface area contributed by atoms with Crippen molar-refractivity contribution in [2.45, 2.75) is 12.8 Å². The number of hydrogen-bond donors (Lipinski definition) is 1. The highest BCUT2D eigenvalue weighted by atomic mass is 16.7. The van der Waals surface area contributed by atoms with Crippen LogP contribution in [0.3, 0.4) is 0 Å². The lowest BCUT2D eigenvalue weighted by atomic mass is 9.97. The van der Waals surface area contributed by atoms with Gasteiger partial charge in [-0.2, -0.15) is 0 Å². The van der Waals surface area contributed by atoms with Crippen LogP contribution in [0.4, 0.5) is 4.79 Å². The number of fused-ring (bicyclic) bond motifs is 1. The second-order valence-corrected chi connectivity index (χ2v) is 5.41. The van der Waals surface area contributed by atoms with Crippen molar-refractivity contribution in [1.82, 2.24) is 9.96 Å². The van der Waals surface area contributed by atoms with E-state index in [1.54, 1.807) is 12.1 Å². The predicted molar refractivity (Wildman–Crippen MR) is 75.4 cm³/mol. The van der Waals surface area contributed by atoms with Gasteiger partial charge in [-0.15, -0.1) is 0 Å². The summed E-state index contributed by atoms with van der Waals surface area (Å²) < 4.78 is 0.